The number of aromatic nitrogens is 2. The van der Waals surface area contributed by atoms with Crippen LogP contribution in [0.1, 0.15) is 16.1 Å². The molecule has 1 heterocycles. The molecule has 2 aromatic carbocycles. The van der Waals surface area contributed by atoms with Gasteiger partial charge in [0, 0.05) is 16.1 Å². The highest BCUT2D eigenvalue weighted by Gasteiger charge is 2.14. The van der Waals surface area contributed by atoms with Gasteiger partial charge in [0.2, 0.25) is 5.75 Å². The average Bonchev–Trinajstić information content (AvgIpc) is 3.22. The summed E-state index contributed by atoms with van der Waals surface area (Å²) in [5.74, 6) is 0.944. The topological polar surface area (TPSA) is 97.8 Å². The van der Waals surface area contributed by atoms with E-state index in [0.717, 1.165) is 0 Å². The first kappa shape index (κ1) is 21.5. The molecule has 8 nitrogen and oxygen atoms in total. The highest BCUT2D eigenvalue weighted by molar-refractivity contribution is 6.36. The third-order valence-corrected chi connectivity index (χ3v) is 4.64. The Balaban J connectivity index is 1.73. The van der Waals surface area contributed by atoms with Gasteiger partial charge >= 0.3 is 0 Å². The van der Waals surface area contributed by atoms with E-state index in [1.807, 2.05) is 0 Å². The highest BCUT2D eigenvalue weighted by atomic mass is 35.5. The molecule has 0 bridgehead atoms. The summed E-state index contributed by atoms with van der Waals surface area (Å²) in [6, 6.07) is 10.00. The van der Waals surface area contributed by atoms with Crippen LogP contribution in [-0.4, -0.2) is 43.6 Å². The van der Waals surface area contributed by atoms with Crippen molar-refractivity contribution in [1.29, 1.82) is 0 Å². The Bertz CT molecular complexity index is 1070. The minimum absolute atomic E-state index is 0.220. The number of rotatable bonds is 7. The van der Waals surface area contributed by atoms with E-state index in [1.165, 1.54) is 27.5 Å². The molecule has 3 rings (SSSR count). The van der Waals surface area contributed by atoms with Crippen LogP contribution in [0.4, 0.5) is 0 Å². The molecule has 0 aliphatic heterocycles. The number of benzene rings is 2. The Kier molecular flexibility index (Phi) is 6.81. The number of nitrogens with zero attached hydrogens (tertiary/aromatic N) is 2. The number of halogens is 2. The fraction of sp³-hybridized carbons (Fsp3) is 0.150. The third kappa shape index (κ3) is 4.67. The molecule has 0 aliphatic rings. The molecule has 10 heteroatoms. The molecule has 1 amide bonds. The van der Waals surface area contributed by atoms with Crippen LogP contribution in [0, 0.1) is 0 Å². The second-order valence-electron chi connectivity index (χ2n) is 5.95. The average molecular weight is 449 g/mol. The quantitative estimate of drug-likeness (QED) is 0.417. The number of methoxy groups -OCH3 is 3. The number of hydrazone groups is 1. The number of aromatic amines is 1. The molecule has 30 heavy (non-hydrogen) atoms. The summed E-state index contributed by atoms with van der Waals surface area (Å²) in [5.41, 5.74) is 4.45. The maximum Gasteiger partial charge on any atom is 0.289 e. The lowest BCUT2D eigenvalue weighted by molar-refractivity contribution is 0.0950. The zero-order valence-corrected chi connectivity index (χ0v) is 17.8. The number of ether oxygens (including phenoxy) is 3. The first-order valence-electron chi connectivity index (χ1n) is 8.61. The number of H-pyrrole nitrogens is 1. The standard InChI is InChI=1S/C20H18Cl2N4O4/c1-28-17-6-11(7-18(29-2)19(17)30-3)10-23-26-20(27)16-9-15(24-25-16)13-5-4-12(21)8-14(13)22/h4-10H,1-3H3,(H,24,25)(H,26,27)/b23-10+. The summed E-state index contributed by atoms with van der Waals surface area (Å²) in [6.45, 7) is 0. The number of hydrogen-bond acceptors (Lipinski definition) is 6. The molecule has 0 saturated heterocycles. The molecule has 156 valence electrons. The van der Waals surface area contributed by atoms with E-state index >= 15 is 0 Å². The molecule has 0 spiro atoms. The maximum atomic E-state index is 12.3. The number of amides is 1. The van der Waals surface area contributed by atoms with Crippen molar-refractivity contribution in [2.75, 3.05) is 21.3 Å². The van der Waals surface area contributed by atoms with Gasteiger partial charge in [-0.25, -0.2) is 5.43 Å². The maximum absolute atomic E-state index is 12.3. The summed E-state index contributed by atoms with van der Waals surface area (Å²) < 4.78 is 15.9. The fourth-order valence-corrected chi connectivity index (χ4v) is 3.18. The molecule has 0 radical (unpaired) electrons. The van der Waals surface area contributed by atoms with E-state index in [4.69, 9.17) is 37.4 Å². The van der Waals surface area contributed by atoms with E-state index in [1.54, 1.807) is 36.4 Å². The molecule has 0 aliphatic carbocycles. The van der Waals surface area contributed by atoms with Crippen LogP contribution in [0.15, 0.2) is 41.5 Å². The predicted molar refractivity (Wildman–Crippen MR) is 115 cm³/mol. The number of carbonyl (C=O) groups is 1. The Morgan fingerprint density at radius 2 is 1.77 bits per heavy atom. The van der Waals surface area contributed by atoms with Crippen molar-refractivity contribution < 1.29 is 19.0 Å². The summed E-state index contributed by atoms with van der Waals surface area (Å²) in [5, 5.41) is 11.7. The monoisotopic (exact) mass is 448 g/mol. The predicted octanol–water partition coefficient (Wildman–Crippen LogP) is 4.17. The van der Waals surface area contributed by atoms with Gasteiger partial charge in [0.25, 0.3) is 5.91 Å². The Morgan fingerprint density at radius 3 is 2.37 bits per heavy atom. The first-order valence-corrected chi connectivity index (χ1v) is 9.36. The molecule has 0 atom stereocenters. The first-order chi connectivity index (χ1) is 14.5. The minimum atomic E-state index is -0.470. The summed E-state index contributed by atoms with van der Waals surface area (Å²) in [7, 11) is 4.55. The summed E-state index contributed by atoms with van der Waals surface area (Å²) in [4.78, 5) is 12.3. The lowest BCUT2D eigenvalue weighted by Gasteiger charge is -2.12. The molecule has 0 fully saturated rings. The van der Waals surface area contributed by atoms with Gasteiger partial charge < -0.3 is 14.2 Å². The molecule has 0 unspecified atom stereocenters. The highest BCUT2D eigenvalue weighted by Crippen LogP contribution is 2.37. The van der Waals surface area contributed by atoms with E-state index in [0.29, 0.717) is 44.1 Å². The molecule has 2 N–H and O–H groups in total. The van der Waals surface area contributed by atoms with Crippen LogP contribution >= 0.6 is 23.2 Å². The number of carbonyl (C=O) groups excluding carboxylic acids is 1. The normalized spacial score (nSPS) is 10.8. The third-order valence-electron chi connectivity index (χ3n) is 4.10. The van der Waals surface area contributed by atoms with Gasteiger partial charge in [-0.15, -0.1) is 0 Å². The van der Waals surface area contributed by atoms with Gasteiger partial charge in [-0.05, 0) is 36.4 Å². The van der Waals surface area contributed by atoms with E-state index in [9.17, 15) is 4.79 Å². The lowest BCUT2D eigenvalue weighted by atomic mass is 10.1. The van der Waals surface area contributed by atoms with Gasteiger partial charge in [-0.3, -0.25) is 9.89 Å². The Hall–Kier alpha value is -3.23. The van der Waals surface area contributed by atoms with Gasteiger partial charge in [-0.1, -0.05) is 23.2 Å². The van der Waals surface area contributed by atoms with Crippen molar-refractivity contribution in [2.24, 2.45) is 5.10 Å². The zero-order valence-electron chi connectivity index (χ0n) is 16.3. The fourth-order valence-electron chi connectivity index (χ4n) is 2.67. The van der Waals surface area contributed by atoms with Crippen molar-refractivity contribution in [3.63, 3.8) is 0 Å². The number of nitrogens with one attached hydrogen (secondary N) is 2. The smallest absolute Gasteiger partial charge is 0.289 e. The zero-order chi connectivity index (χ0) is 21.7. The van der Waals surface area contributed by atoms with Gasteiger partial charge in [-0.2, -0.15) is 10.2 Å². The van der Waals surface area contributed by atoms with E-state index in [2.05, 4.69) is 20.7 Å². The number of hydrogen-bond donors (Lipinski definition) is 2. The molecular formula is C20H18Cl2N4O4. The molecule has 3 aromatic rings. The Labute approximate surface area is 182 Å². The van der Waals surface area contributed by atoms with Gasteiger partial charge in [0.1, 0.15) is 5.69 Å². The van der Waals surface area contributed by atoms with Crippen molar-refractivity contribution in [3.05, 3.63) is 57.7 Å². The van der Waals surface area contributed by atoms with Crippen LogP contribution in [0.2, 0.25) is 10.0 Å². The van der Waals surface area contributed by atoms with Crippen molar-refractivity contribution in [3.8, 4) is 28.5 Å². The van der Waals surface area contributed by atoms with Crippen molar-refractivity contribution >= 4 is 35.3 Å². The summed E-state index contributed by atoms with van der Waals surface area (Å²) in [6.07, 6.45) is 1.45. The SMILES string of the molecule is COc1cc(/C=N/NC(=O)c2cc(-c3ccc(Cl)cc3Cl)n[nH]2)cc(OC)c1OC. The van der Waals surface area contributed by atoms with Crippen LogP contribution in [-0.2, 0) is 0 Å². The van der Waals surface area contributed by atoms with E-state index in [-0.39, 0.29) is 5.69 Å². The minimum Gasteiger partial charge on any atom is -0.493 e. The van der Waals surface area contributed by atoms with Crippen molar-refractivity contribution in [1.82, 2.24) is 15.6 Å². The second-order valence-corrected chi connectivity index (χ2v) is 6.79. The Morgan fingerprint density at radius 1 is 1.07 bits per heavy atom. The van der Waals surface area contributed by atoms with Crippen LogP contribution < -0.4 is 19.6 Å². The van der Waals surface area contributed by atoms with E-state index < -0.39 is 5.91 Å². The van der Waals surface area contributed by atoms with Crippen LogP contribution in [0.25, 0.3) is 11.3 Å². The summed E-state index contributed by atoms with van der Waals surface area (Å²) >= 11 is 12.1. The van der Waals surface area contributed by atoms with Crippen LogP contribution in [0.5, 0.6) is 17.2 Å². The second kappa shape index (κ2) is 9.51. The van der Waals surface area contributed by atoms with Crippen LogP contribution in [0.3, 0.4) is 0 Å². The lowest BCUT2D eigenvalue weighted by Crippen LogP contribution is -2.18. The molecule has 0 saturated carbocycles. The van der Waals surface area contributed by atoms with Gasteiger partial charge in [0.15, 0.2) is 11.5 Å². The van der Waals surface area contributed by atoms with Crippen molar-refractivity contribution in [2.45, 2.75) is 0 Å². The molecule has 1 aromatic heterocycles. The van der Waals surface area contributed by atoms with Gasteiger partial charge in [0.05, 0.1) is 38.3 Å². The molecular weight excluding hydrogens is 431 g/mol. The largest absolute Gasteiger partial charge is 0.493 e.